The number of methoxy groups -OCH3 is 1. The Hall–Kier alpha value is -2.14. The van der Waals surface area contributed by atoms with Crippen LogP contribution in [0.15, 0.2) is 46.9 Å². The van der Waals surface area contributed by atoms with E-state index in [1.54, 1.807) is 25.5 Å². The molecule has 0 saturated carbocycles. The van der Waals surface area contributed by atoms with Crippen LogP contribution < -0.4 is 15.4 Å². The second-order valence-corrected chi connectivity index (χ2v) is 7.49. The van der Waals surface area contributed by atoms with Crippen molar-refractivity contribution in [2.45, 2.75) is 32.9 Å². The molecule has 29 heavy (non-hydrogen) atoms. The van der Waals surface area contributed by atoms with E-state index in [9.17, 15) is 0 Å². The highest BCUT2D eigenvalue weighted by Crippen LogP contribution is 2.17. The number of nitrogens with one attached hydrogen (secondary N) is 2. The van der Waals surface area contributed by atoms with Gasteiger partial charge in [0.15, 0.2) is 5.96 Å². The molecule has 2 N–H and O–H groups in total. The molecular formula is C20H27IN6OS. The van der Waals surface area contributed by atoms with Gasteiger partial charge in [-0.2, -0.15) is 5.10 Å². The van der Waals surface area contributed by atoms with Gasteiger partial charge in [0.05, 0.1) is 37.3 Å². The van der Waals surface area contributed by atoms with Crippen molar-refractivity contribution in [3.63, 3.8) is 0 Å². The van der Waals surface area contributed by atoms with Crippen LogP contribution in [0.25, 0.3) is 5.69 Å². The van der Waals surface area contributed by atoms with Crippen molar-refractivity contribution >= 4 is 41.3 Å². The van der Waals surface area contributed by atoms with Gasteiger partial charge in [-0.3, -0.25) is 4.99 Å². The van der Waals surface area contributed by atoms with E-state index in [4.69, 9.17) is 4.74 Å². The molecule has 0 aliphatic heterocycles. The van der Waals surface area contributed by atoms with E-state index in [-0.39, 0.29) is 24.0 Å². The van der Waals surface area contributed by atoms with Crippen LogP contribution in [0.1, 0.15) is 36.2 Å². The fourth-order valence-electron chi connectivity index (χ4n) is 2.56. The molecule has 0 saturated heterocycles. The lowest BCUT2D eigenvalue weighted by Crippen LogP contribution is -2.36. The Morgan fingerprint density at radius 1 is 1.17 bits per heavy atom. The molecule has 1 aromatic carbocycles. The zero-order valence-corrected chi connectivity index (χ0v) is 20.2. The van der Waals surface area contributed by atoms with E-state index in [0.717, 1.165) is 33.8 Å². The van der Waals surface area contributed by atoms with E-state index >= 15 is 0 Å². The predicted octanol–water partition coefficient (Wildman–Crippen LogP) is 3.94. The van der Waals surface area contributed by atoms with Gasteiger partial charge in [-0.25, -0.2) is 9.67 Å². The molecule has 2 aromatic heterocycles. The average Bonchev–Trinajstić information content (AvgIpc) is 3.38. The highest BCUT2D eigenvalue weighted by molar-refractivity contribution is 14.0. The van der Waals surface area contributed by atoms with Gasteiger partial charge in [0.2, 0.25) is 0 Å². The summed E-state index contributed by atoms with van der Waals surface area (Å²) >= 11 is 1.67. The lowest BCUT2D eigenvalue weighted by Gasteiger charge is -2.09. The van der Waals surface area contributed by atoms with Crippen molar-refractivity contribution in [2.75, 3.05) is 14.2 Å². The summed E-state index contributed by atoms with van der Waals surface area (Å²) in [5.74, 6) is 2.00. The van der Waals surface area contributed by atoms with Crippen LogP contribution in [-0.2, 0) is 13.1 Å². The van der Waals surface area contributed by atoms with Gasteiger partial charge >= 0.3 is 0 Å². The second-order valence-electron chi connectivity index (χ2n) is 6.55. The number of thiazole rings is 1. The summed E-state index contributed by atoms with van der Waals surface area (Å²) in [5.41, 5.74) is 3.04. The van der Waals surface area contributed by atoms with Crippen molar-refractivity contribution in [1.82, 2.24) is 25.4 Å². The van der Waals surface area contributed by atoms with E-state index in [1.807, 2.05) is 41.2 Å². The highest BCUT2D eigenvalue weighted by Gasteiger charge is 2.07. The monoisotopic (exact) mass is 526 g/mol. The van der Waals surface area contributed by atoms with Gasteiger partial charge in [-0.1, -0.05) is 13.8 Å². The number of halogens is 1. The molecule has 3 rings (SSSR count). The first-order chi connectivity index (χ1) is 13.6. The molecule has 0 spiro atoms. The summed E-state index contributed by atoms with van der Waals surface area (Å²) in [6, 6.07) is 9.78. The Kier molecular flexibility index (Phi) is 8.90. The van der Waals surface area contributed by atoms with Crippen LogP contribution >= 0.6 is 35.3 Å². The fraction of sp³-hybridized carbons (Fsp3) is 0.350. The Balaban J connectivity index is 0.00000300. The van der Waals surface area contributed by atoms with Crippen molar-refractivity contribution in [3.8, 4) is 11.4 Å². The number of aliphatic imine (C=N–C) groups is 1. The molecule has 3 aromatic rings. The lowest BCUT2D eigenvalue weighted by atomic mass is 10.2. The van der Waals surface area contributed by atoms with E-state index in [1.165, 1.54) is 0 Å². The third-order valence-corrected chi connectivity index (χ3v) is 5.08. The summed E-state index contributed by atoms with van der Waals surface area (Å²) < 4.78 is 7.03. The topological polar surface area (TPSA) is 76.4 Å². The van der Waals surface area contributed by atoms with E-state index in [0.29, 0.717) is 19.0 Å². The van der Waals surface area contributed by atoms with Crippen molar-refractivity contribution in [1.29, 1.82) is 0 Å². The van der Waals surface area contributed by atoms with Gasteiger partial charge in [-0.15, -0.1) is 35.3 Å². The van der Waals surface area contributed by atoms with Crippen molar-refractivity contribution in [2.24, 2.45) is 4.99 Å². The summed E-state index contributed by atoms with van der Waals surface area (Å²) in [6.07, 6.45) is 1.94. The minimum Gasteiger partial charge on any atom is -0.497 e. The number of aromatic nitrogens is 3. The number of rotatable bonds is 7. The quantitative estimate of drug-likeness (QED) is 0.277. The summed E-state index contributed by atoms with van der Waals surface area (Å²) in [7, 11) is 3.41. The minimum atomic E-state index is 0. The molecule has 0 fully saturated rings. The third kappa shape index (κ3) is 6.43. The smallest absolute Gasteiger partial charge is 0.191 e. The van der Waals surface area contributed by atoms with Crippen LogP contribution in [0.2, 0.25) is 0 Å². The molecule has 0 aliphatic rings. The van der Waals surface area contributed by atoms with E-state index < -0.39 is 0 Å². The first-order valence-electron chi connectivity index (χ1n) is 9.17. The maximum absolute atomic E-state index is 5.19. The SMILES string of the molecule is CN=C(NCc1ccn(-c2ccc(OC)cc2)n1)NCc1nc(C(C)C)cs1.I. The van der Waals surface area contributed by atoms with Crippen LogP contribution in [0, 0.1) is 0 Å². The Morgan fingerprint density at radius 2 is 1.90 bits per heavy atom. The number of nitrogens with zero attached hydrogens (tertiary/aromatic N) is 4. The van der Waals surface area contributed by atoms with Crippen LogP contribution in [-0.4, -0.2) is 34.9 Å². The average molecular weight is 526 g/mol. The molecule has 0 radical (unpaired) electrons. The van der Waals surface area contributed by atoms with Crippen molar-refractivity contribution in [3.05, 3.63) is 58.3 Å². The van der Waals surface area contributed by atoms with Gasteiger partial charge in [0, 0.05) is 18.6 Å². The standard InChI is InChI=1S/C20H26N6OS.HI/c1-14(2)18-13-28-19(24-18)12-23-20(21-3)22-11-15-9-10-26(25-15)16-5-7-17(27-4)8-6-16;/h5-10,13-14H,11-12H2,1-4H3,(H2,21,22,23);1H. The molecule has 0 unspecified atom stereocenters. The van der Waals surface area contributed by atoms with Gasteiger partial charge in [0.25, 0.3) is 0 Å². The molecule has 0 aliphatic carbocycles. The summed E-state index contributed by atoms with van der Waals surface area (Å²) in [4.78, 5) is 8.90. The number of ether oxygens (including phenoxy) is 1. The maximum atomic E-state index is 5.19. The first-order valence-corrected chi connectivity index (χ1v) is 10.0. The zero-order valence-electron chi connectivity index (χ0n) is 17.0. The van der Waals surface area contributed by atoms with Gasteiger partial charge < -0.3 is 15.4 Å². The summed E-state index contributed by atoms with van der Waals surface area (Å²) in [5, 5.41) is 14.4. The Bertz CT molecular complexity index is 919. The van der Waals surface area contributed by atoms with E-state index in [2.05, 4.69) is 44.9 Å². The number of hydrogen-bond acceptors (Lipinski definition) is 5. The molecule has 2 heterocycles. The number of hydrogen-bond donors (Lipinski definition) is 2. The molecule has 156 valence electrons. The largest absolute Gasteiger partial charge is 0.497 e. The van der Waals surface area contributed by atoms with Crippen molar-refractivity contribution < 1.29 is 4.74 Å². The Labute approximate surface area is 192 Å². The third-order valence-electron chi connectivity index (χ3n) is 4.21. The molecule has 0 bridgehead atoms. The molecule has 7 nitrogen and oxygen atoms in total. The predicted molar refractivity (Wildman–Crippen MR) is 129 cm³/mol. The van der Waals surface area contributed by atoms with Gasteiger partial charge in [0.1, 0.15) is 10.8 Å². The minimum absolute atomic E-state index is 0. The first kappa shape index (κ1) is 23.1. The second kappa shape index (κ2) is 11.1. The fourth-order valence-corrected chi connectivity index (χ4v) is 3.46. The normalized spacial score (nSPS) is 11.3. The number of guanidine groups is 1. The highest BCUT2D eigenvalue weighted by atomic mass is 127. The zero-order chi connectivity index (χ0) is 19.9. The lowest BCUT2D eigenvalue weighted by molar-refractivity contribution is 0.414. The van der Waals surface area contributed by atoms with Crippen LogP contribution in [0.5, 0.6) is 5.75 Å². The number of benzene rings is 1. The Morgan fingerprint density at radius 3 is 2.52 bits per heavy atom. The molecular weight excluding hydrogens is 499 g/mol. The maximum Gasteiger partial charge on any atom is 0.191 e. The van der Waals surface area contributed by atoms with Crippen LogP contribution in [0.4, 0.5) is 0 Å². The molecule has 0 atom stereocenters. The van der Waals surface area contributed by atoms with Gasteiger partial charge in [-0.05, 0) is 36.2 Å². The summed E-state index contributed by atoms with van der Waals surface area (Å²) in [6.45, 7) is 5.53. The molecule has 9 heteroatoms. The van der Waals surface area contributed by atoms with Crippen LogP contribution in [0.3, 0.4) is 0 Å². The molecule has 0 amide bonds.